The number of carboxylic acids is 1. The first-order valence-corrected chi connectivity index (χ1v) is 5.47. The molecule has 0 aliphatic heterocycles. The number of aromatic nitrogens is 1. The highest BCUT2D eigenvalue weighted by atomic mass is 16.5. The molecule has 5 nitrogen and oxygen atoms in total. The fraction of sp³-hybridized carbons (Fsp3) is 0.0714. The number of hydrogen-bond acceptors (Lipinski definition) is 4. The fourth-order valence-electron chi connectivity index (χ4n) is 1.56. The lowest BCUT2D eigenvalue weighted by Crippen LogP contribution is -2.01. The summed E-state index contributed by atoms with van der Waals surface area (Å²) in [5, 5.41) is 18.1. The van der Waals surface area contributed by atoms with E-state index in [-0.39, 0.29) is 11.3 Å². The fourth-order valence-corrected chi connectivity index (χ4v) is 1.56. The number of hydrogen-bond donors (Lipinski definition) is 1. The Hall–Kier alpha value is -2.87. The summed E-state index contributed by atoms with van der Waals surface area (Å²) in [6, 6.07) is 8.43. The van der Waals surface area contributed by atoms with Crippen molar-refractivity contribution in [1.82, 2.24) is 4.98 Å². The van der Waals surface area contributed by atoms with E-state index < -0.39 is 5.97 Å². The van der Waals surface area contributed by atoms with Crippen molar-refractivity contribution in [2.24, 2.45) is 0 Å². The van der Waals surface area contributed by atoms with Crippen molar-refractivity contribution in [2.75, 3.05) is 0 Å². The van der Waals surface area contributed by atoms with Gasteiger partial charge in [-0.3, -0.25) is 4.98 Å². The SMILES string of the molecule is Cc1ccc(C#N)c(Oc2cnccc2C(=O)O)c1. The summed E-state index contributed by atoms with van der Waals surface area (Å²) in [5.74, 6) is -0.682. The number of aromatic carboxylic acids is 1. The maximum Gasteiger partial charge on any atom is 0.339 e. The molecule has 2 aromatic rings. The largest absolute Gasteiger partial charge is 0.478 e. The van der Waals surface area contributed by atoms with Crippen molar-refractivity contribution >= 4 is 5.97 Å². The first-order valence-electron chi connectivity index (χ1n) is 5.47. The molecule has 0 saturated carbocycles. The lowest BCUT2D eigenvalue weighted by Gasteiger charge is -2.09. The minimum Gasteiger partial charge on any atom is -0.478 e. The first kappa shape index (κ1) is 12.6. The molecule has 94 valence electrons. The topological polar surface area (TPSA) is 83.2 Å². The molecule has 0 radical (unpaired) electrons. The number of rotatable bonds is 3. The van der Waals surface area contributed by atoms with Crippen LogP contribution in [0.3, 0.4) is 0 Å². The van der Waals surface area contributed by atoms with Crippen LogP contribution in [0.25, 0.3) is 0 Å². The quantitative estimate of drug-likeness (QED) is 0.910. The lowest BCUT2D eigenvalue weighted by atomic mass is 10.1. The van der Waals surface area contributed by atoms with Crippen LogP contribution < -0.4 is 4.74 Å². The van der Waals surface area contributed by atoms with Gasteiger partial charge in [0, 0.05) is 6.20 Å². The van der Waals surface area contributed by atoms with Gasteiger partial charge in [-0.1, -0.05) is 6.07 Å². The molecule has 0 aliphatic carbocycles. The molecule has 1 aromatic carbocycles. The second-order valence-corrected chi connectivity index (χ2v) is 3.89. The van der Waals surface area contributed by atoms with Gasteiger partial charge in [-0.15, -0.1) is 0 Å². The molecule has 5 heteroatoms. The number of nitrogens with zero attached hydrogens (tertiary/aromatic N) is 2. The Morgan fingerprint density at radius 2 is 2.16 bits per heavy atom. The zero-order valence-electron chi connectivity index (χ0n) is 10.1. The van der Waals surface area contributed by atoms with E-state index in [1.165, 1.54) is 18.5 Å². The zero-order chi connectivity index (χ0) is 13.8. The molecule has 0 bridgehead atoms. The second-order valence-electron chi connectivity index (χ2n) is 3.89. The molecule has 1 aromatic heterocycles. The highest BCUT2D eigenvalue weighted by Gasteiger charge is 2.13. The van der Waals surface area contributed by atoms with Crippen LogP contribution in [0.15, 0.2) is 36.7 Å². The minimum atomic E-state index is -1.11. The van der Waals surface area contributed by atoms with Gasteiger partial charge in [0.15, 0.2) is 5.75 Å². The van der Waals surface area contributed by atoms with E-state index in [0.717, 1.165) is 5.56 Å². The standard InChI is InChI=1S/C14H10N2O3/c1-9-2-3-10(7-15)12(6-9)19-13-8-16-5-4-11(13)14(17)18/h2-6,8H,1H3,(H,17,18). The molecule has 0 unspecified atom stereocenters. The number of benzene rings is 1. The third kappa shape index (κ3) is 2.69. The highest BCUT2D eigenvalue weighted by molar-refractivity contribution is 5.90. The summed E-state index contributed by atoms with van der Waals surface area (Å²) in [4.78, 5) is 14.9. The number of ether oxygens (including phenoxy) is 1. The van der Waals surface area contributed by atoms with Crippen LogP contribution in [0.4, 0.5) is 0 Å². The van der Waals surface area contributed by atoms with Gasteiger partial charge in [-0.05, 0) is 30.7 Å². The van der Waals surface area contributed by atoms with Crippen LogP contribution in [0, 0.1) is 18.3 Å². The van der Waals surface area contributed by atoms with E-state index >= 15 is 0 Å². The van der Waals surface area contributed by atoms with Crippen LogP contribution >= 0.6 is 0 Å². The van der Waals surface area contributed by atoms with Gasteiger partial charge in [-0.25, -0.2) is 4.79 Å². The van der Waals surface area contributed by atoms with Crippen LogP contribution in [0.5, 0.6) is 11.5 Å². The number of nitriles is 1. The molecule has 2 rings (SSSR count). The predicted octanol–water partition coefficient (Wildman–Crippen LogP) is 2.75. The molecule has 0 amide bonds. The number of carbonyl (C=O) groups is 1. The number of carboxylic acid groups (broad SMARTS) is 1. The summed E-state index contributed by atoms with van der Waals surface area (Å²) >= 11 is 0. The third-order valence-corrected chi connectivity index (χ3v) is 2.49. The molecular formula is C14H10N2O3. The molecule has 0 fully saturated rings. The second kappa shape index (κ2) is 5.19. The molecule has 0 aliphatic rings. The van der Waals surface area contributed by atoms with Gasteiger partial charge >= 0.3 is 5.97 Å². The van der Waals surface area contributed by atoms with Crippen molar-refractivity contribution < 1.29 is 14.6 Å². The van der Waals surface area contributed by atoms with Crippen LogP contribution in [0.2, 0.25) is 0 Å². The van der Waals surface area contributed by atoms with E-state index in [1.807, 2.05) is 13.0 Å². The van der Waals surface area contributed by atoms with Crippen molar-refractivity contribution in [2.45, 2.75) is 6.92 Å². The number of aryl methyl sites for hydroxylation is 1. The Morgan fingerprint density at radius 3 is 2.84 bits per heavy atom. The maximum atomic E-state index is 11.1. The Bertz CT molecular complexity index is 675. The first-order chi connectivity index (χ1) is 9.11. The smallest absolute Gasteiger partial charge is 0.339 e. The molecule has 0 saturated heterocycles. The van der Waals surface area contributed by atoms with E-state index in [0.29, 0.717) is 11.3 Å². The minimum absolute atomic E-state index is 0.000367. The Kier molecular flexibility index (Phi) is 3.44. The normalized spacial score (nSPS) is 9.68. The van der Waals surface area contributed by atoms with Crippen LogP contribution in [0.1, 0.15) is 21.5 Å². The molecular weight excluding hydrogens is 244 g/mol. The molecule has 0 atom stereocenters. The molecule has 1 N–H and O–H groups in total. The Labute approximate surface area is 109 Å². The molecule has 0 spiro atoms. The van der Waals surface area contributed by atoms with E-state index in [2.05, 4.69) is 4.98 Å². The van der Waals surface area contributed by atoms with E-state index in [4.69, 9.17) is 15.1 Å². The Morgan fingerprint density at radius 1 is 1.37 bits per heavy atom. The summed E-state index contributed by atoms with van der Waals surface area (Å²) in [6.45, 7) is 1.86. The summed E-state index contributed by atoms with van der Waals surface area (Å²) in [5.41, 5.74) is 1.25. The summed E-state index contributed by atoms with van der Waals surface area (Å²) in [6.07, 6.45) is 2.69. The van der Waals surface area contributed by atoms with E-state index in [9.17, 15) is 4.79 Å². The average molecular weight is 254 g/mol. The van der Waals surface area contributed by atoms with Crippen LogP contribution in [-0.2, 0) is 0 Å². The van der Waals surface area contributed by atoms with Gasteiger partial charge in [-0.2, -0.15) is 5.26 Å². The van der Waals surface area contributed by atoms with Crippen molar-refractivity contribution in [3.05, 3.63) is 53.3 Å². The van der Waals surface area contributed by atoms with Crippen LogP contribution in [-0.4, -0.2) is 16.1 Å². The average Bonchev–Trinajstić information content (AvgIpc) is 2.39. The van der Waals surface area contributed by atoms with Gasteiger partial charge in [0.2, 0.25) is 0 Å². The highest BCUT2D eigenvalue weighted by Crippen LogP contribution is 2.28. The van der Waals surface area contributed by atoms with Crippen molar-refractivity contribution in [3.8, 4) is 17.6 Å². The van der Waals surface area contributed by atoms with Gasteiger partial charge in [0.05, 0.1) is 11.8 Å². The zero-order valence-corrected chi connectivity index (χ0v) is 10.1. The molecule has 19 heavy (non-hydrogen) atoms. The monoisotopic (exact) mass is 254 g/mol. The molecule has 1 heterocycles. The third-order valence-electron chi connectivity index (χ3n) is 2.49. The van der Waals surface area contributed by atoms with Gasteiger partial charge in [0.1, 0.15) is 17.4 Å². The van der Waals surface area contributed by atoms with Crippen molar-refractivity contribution in [3.63, 3.8) is 0 Å². The Balaban J connectivity index is 2.45. The maximum absolute atomic E-state index is 11.1. The summed E-state index contributed by atoms with van der Waals surface area (Å²) in [7, 11) is 0. The number of pyridine rings is 1. The summed E-state index contributed by atoms with van der Waals surface area (Å²) < 4.78 is 5.51. The predicted molar refractivity (Wildman–Crippen MR) is 67.2 cm³/mol. The van der Waals surface area contributed by atoms with Crippen molar-refractivity contribution in [1.29, 1.82) is 5.26 Å². The van der Waals surface area contributed by atoms with Gasteiger partial charge < -0.3 is 9.84 Å². The van der Waals surface area contributed by atoms with Gasteiger partial charge in [0.25, 0.3) is 0 Å². The van der Waals surface area contributed by atoms with E-state index in [1.54, 1.807) is 18.2 Å². The lowest BCUT2D eigenvalue weighted by molar-refractivity contribution is 0.0694.